The molecule has 3 aliphatic rings. The first kappa shape index (κ1) is 29.6. The third kappa shape index (κ3) is 7.10. The van der Waals surface area contributed by atoms with Crippen LogP contribution in [0.15, 0.2) is 78.1 Å². The van der Waals surface area contributed by atoms with Crippen LogP contribution < -0.4 is 9.80 Å². The molecule has 0 spiro atoms. The molecule has 0 saturated carbocycles. The van der Waals surface area contributed by atoms with Crippen molar-refractivity contribution in [1.29, 1.82) is 0 Å². The molecule has 1 heterocycles. The number of allylic oxidation sites excluding steroid dienone is 5. The molecule has 2 aliphatic carbocycles. The summed E-state index contributed by atoms with van der Waals surface area (Å²) in [5, 5.41) is 10.9. The predicted molar refractivity (Wildman–Crippen MR) is 161 cm³/mol. The van der Waals surface area contributed by atoms with Crippen LogP contribution in [0.25, 0.3) is 5.57 Å². The molecule has 1 N–H and O–H groups in total. The average molecular weight is 575 g/mol. The van der Waals surface area contributed by atoms with Crippen LogP contribution in [0.4, 0.5) is 11.4 Å². The smallest absolute Gasteiger partial charge is 0.334 e. The number of esters is 1. The molecule has 0 aromatic heterocycles. The largest absolute Gasteiger partial charge is 0.510 e. The molecule has 9 heteroatoms. The molecule has 0 bridgehead atoms. The van der Waals surface area contributed by atoms with Crippen molar-refractivity contribution in [3.8, 4) is 0 Å². The van der Waals surface area contributed by atoms with Gasteiger partial charge in [-0.1, -0.05) is 42.5 Å². The quantitative estimate of drug-likeness (QED) is 0.468. The number of ketones is 1. The topological polar surface area (TPSA) is 97.8 Å². The zero-order valence-electron chi connectivity index (χ0n) is 24.0. The minimum absolute atomic E-state index is 0.0896. The number of carbonyl (C=O) groups excluding carboxylic acids is 2. The fraction of sp³-hybridized carbons (Fsp3) is 0.394. The van der Waals surface area contributed by atoms with E-state index in [1.54, 1.807) is 6.08 Å². The number of ether oxygens (including phenoxy) is 4. The highest BCUT2D eigenvalue weighted by Gasteiger charge is 2.41. The fourth-order valence-corrected chi connectivity index (χ4v) is 5.18. The SMILES string of the molecule is CN(CCOC(=O)C1=CC=CC1)c1ccc(C2=C(O)C(c3ccc(N4CCOCCOCCOCC4)cc3)C2=O)cc1. The van der Waals surface area contributed by atoms with Crippen molar-refractivity contribution in [3.05, 3.63) is 89.2 Å². The summed E-state index contributed by atoms with van der Waals surface area (Å²) in [4.78, 5) is 29.4. The Kier molecular flexibility index (Phi) is 10.1. The van der Waals surface area contributed by atoms with Crippen LogP contribution in [0, 0.1) is 0 Å². The lowest BCUT2D eigenvalue weighted by atomic mass is 9.75. The van der Waals surface area contributed by atoms with Gasteiger partial charge in [0.25, 0.3) is 0 Å². The van der Waals surface area contributed by atoms with E-state index >= 15 is 0 Å². The lowest BCUT2D eigenvalue weighted by Crippen LogP contribution is -2.32. The number of hydrogen-bond donors (Lipinski definition) is 1. The normalized spacial score (nSPS) is 19.9. The number of likely N-dealkylation sites (N-methyl/N-ethyl adjacent to an activating group) is 1. The highest BCUT2D eigenvalue weighted by atomic mass is 16.5. The summed E-state index contributed by atoms with van der Waals surface area (Å²) in [7, 11) is 1.91. The molecule has 2 aromatic rings. The van der Waals surface area contributed by atoms with E-state index in [9.17, 15) is 14.7 Å². The molecule has 1 saturated heterocycles. The Bertz CT molecular complexity index is 1320. The maximum atomic E-state index is 13.2. The Morgan fingerprint density at radius 2 is 1.60 bits per heavy atom. The van der Waals surface area contributed by atoms with Gasteiger partial charge in [-0.05, 0) is 41.8 Å². The number of hydrogen-bond acceptors (Lipinski definition) is 9. The Morgan fingerprint density at radius 1 is 0.952 bits per heavy atom. The third-order valence-electron chi connectivity index (χ3n) is 7.67. The van der Waals surface area contributed by atoms with Crippen molar-refractivity contribution >= 4 is 28.7 Å². The van der Waals surface area contributed by atoms with E-state index in [1.165, 1.54) is 0 Å². The number of anilines is 2. The minimum atomic E-state index is -0.658. The Hall–Kier alpha value is -3.92. The van der Waals surface area contributed by atoms with E-state index in [2.05, 4.69) is 4.90 Å². The molecule has 1 fully saturated rings. The van der Waals surface area contributed by atoms with Crippen LogP contribution in [-0.2, 0) is 28.5 Å². The molecule has 5 rings (SSSR count). The second-order valence-electron chi connectivity index (χ2n) is 10.4. The van der Waals surface area contributed by atoms with Gasteiger partial charge in [-0.15, -0.1) is 0 Å². The highest BCUT2D eigenvalue weighted by Crippen LogP contribution is 2.43. The van der Waals surface area contributed by atoms with E-state index in [4.69, 9.17) is 18.9 Å². The van der Waals surface area contributed by atoms with Gasteiger partial charge in [-0.3, -0.25) is 4.79 Å². The maximum absolute atomic E-state index is 13.2. The number of rotatable bonds is 8. The Morgan fingerprint density at radius 3 is 2.19 bits per heavy atom. The average Bonchev–Trinajstić information content (AvgIpc) is 3.54. The first-order chi connectivity index (χ1) is 20.5. The van der Waals surface area contributed by atoms with Crippen molar-refractivity contribution in [2.45, 2.75) is 12.3 Å². The van der Waals surface area contributed by atoms with Crippen molar-refractivity contribution < 1.29 is 33.6 Å². The van der Waals surface area contributed by atoms with Crippen molar-refractivity contribution in [2.75, 3.05) is 82.7 Å². The number of benzene rings is 2. The number of Topliss-reactive ketones (excluding diaryl/α,β-unsaturated/α-hetero) is 1. The maximum Gasteiger partial charge on any atom is 0.334 e. The summed E-state index contributed by atoms with van der Waals surface area (Å²) >= 11 is 0. The monoisotopic (exact) mass is 574 g/mol. The van der Waals surface area contributed by atoms with Crippen LogP contribution in [0.3, 0.4) is 0 Å². The predicted octanol–water partition coefficient (Wildman–Crippen LogP) is 4.06. The highest BCUT2D eigenvalue weighted by molar-refractivity contribution is 6.31. The summed E-state index contributed by atoms with van der Waals surface area (Å²) in [5.41, 5.74) is 4.39. The molecule has 42 heavy (non-hydrogen) atoms. The van der Waals surface area contributed by atoms with Crippen molar-refractivity contribution in [3.63, 3.8) is 0 Å². The first-order valence-corrected chi connectivity index (χ1v) is 14.4. The van der Waals surface area contributed by atoms with Gasteiger partial charge in [-0.25, -0.2) is 4.79 Å². The molecule has 1 aliphatic heterocycles. The van der Waals surface area contributed by atoms with E-state index in [1.807, 2.05) is 72.6 Å². The van der Waals surface area contributed by atoms with Crippen molar-refractivity contribution in [2.24, 2.45) is 0 Å². The zero-order valence-corrected chi connectivity index (χ0v) is 24.0. The van der Waals surface area contributed by atoms with Gasteiger partial charge < -0.3 is 33.9 Å². The van der Waals surface area contributed by atoms with Crippen LogP contribution in [0.1, 0.15) is 23.5 Å². The standard InChI is InChI=1S/C33H38N2O7/c1-34(14-19-42-33(38)26-4-2-3-5-26)27-10-6-24(7-11-27)29-31(36)30(32(29)37)25-8-12-28(13-9-25)35-15-17-39-20-22-41-23-21-40-18-16-35/h2-4,6-13,30,36H,5,14-23H2,1H3. The number of aliphatic hydroxyl groups excluding tert-OH is 1. The third-order valence-corrected chi connectivity index (χ3v) is 7.67. The molecule has 9 nitrogen and oxygen atoms in total. The van der Waals surface area contributed by atoms with Gasteiger partial charge in [0.05, 0.1) is 51.8 Å². The first-order valence-electron chi connectivity index (χ1n) is 14.4. The van der Waals surface area contributed by atoms with E-state index in [-0.39, 0.29) is 24.1 Å². The number of nitrogens with zero attached hydrogens (tertiary/aromatic N) is 2. The Balaban J connectivity index is 1.17. The van der Waals surface area contributed by atoms with E-state index < -0.39 is 5.92 Å². The summed E-state index contributed by atoms with van der Waals surface area (Å²) < 4.78 is 22.2. The minimum Gasteiger partial charge on any atom is -0.510 e. The van der Waals surface area contributed by atoms with Gasteiger partial charge in [0, 0.05) is 37.1 Å². The zero-order chi connectivity index (χ0) is 29.3. The van der Waals surface area contributed by atoms with E-state index in [0.717, 1.165) is 16.9 Å². The van der Waals surface area contributed by atoms with Gasteiger partial charge in [0.2, 0.25) is 0 Å². The van der Waals surface area contributed by atoms with Gasteiger partial charge in [-0.2, -0.15) is 0 Å². The molecule has 0 radical (unpaired) electrons. The van der Waals surface area contributed by atoms with Crippen LogP contribution >= 0.6 is 0 Å². The lowest BCUT2D eigenvalue weighted by Gasteiger charge is -2.30. The summed E-state index contributed by atoms with van der Waals surface area (Å²) in [6.45, 7) is 5.62. The van der Waals surface area contributed by atoms with Crippen LogP contribution in [0.5, 0.6) is 0 Å². The molecule has 2 aromatic carbocycles. The fourth-order valence-electron chi connectivity index (χ4n) is 5.18. The van der Waals surface area contributed by atoms with Crippen molar-refractivity contribution in [1.82, 2.24) is 0 Å². The molecular weight excluding hydrogens is 536 g/mol. The molecule has 1 unspecified atom stereocenters. The molecule has 222 valence electrons. The second kappa shape index (κ2) is 14.3. The Labute approximate surface area is 246 Å². The molecule has 1 atom stereocenters. The van der Waals surface area contributed by atoms with Gasteiger partial charge in [0.1, 0.15) is 18.3 Å². The summed E-state index contributed by atoms with van der Waals surface area (Å²) in [5.74, 6) is -0.951. The summed E-state index contributed by atoms with van der Waals surface area (Å²) in [6.07, 6.45) is 6.17. The molecular formula is C33H38N2O7. The summed E-state index contributed by atoms with van der Waals surface area (Å²) in [6, 6.07) is 15.2. The number of aliphatic hydroxyl groups is 1. The lowest BCUT2D eigenvalue weighted by molar-refractivity contribution is -0.138. The van der Waals surface area contributed by atoms with Gasteiger partial charge in [0.15, 0.2) is 5.78 Å². The van der Waals surface area contributed by atoms with Gasteiger partial charge >= 0.3 is 5.97 Å². The number of carbonyl (C=O) groups is 2. The van der Waals surface area contributed by atoms with E-state index in [0.29, 0.717) is 82.4 Å². The van der Waals surface area contributed by atoms with Crippen LogP contribution in [0.2, 0.25) is 0 Å². The molecule has 0 amide bonds. The van der Waals surface area contributed by atoms with Crippen LogP contribution in [-0.4, -0.2) is 89.8 Å². The second-order valence-corrected chi connectivity index (χ2v) is 10.4.